The molecule has 1 aliphatic heterocycles. The fourth-order valence-electron chi connectivity index (χ4n) is 3.12. The summed E-state index contributed by atoms with van der Waals surface area (Å²) >= 11 is 6.44. The fraction of sp³-hybridized carbons (Fsp3) is 0.222. The van der Waals surface area contributed by atoms with Crippen molar-refractivity contribution in [2.45, 2.75) is 6.92 Å². The second-order valence-corrected chi connectivity index (χ2v) is 6.27. The highest BCUT2D eigenvalue weighted by Gasteiger charge is 2.21. The van der Waals surface area contributed by atoms with E-state index in [1.54, 1.807) is 4.90 Å². The molecule has 5 nitrogen and oxygen atoms in total. The van der Waals surface area contributed by atoms with Gasteiger partial charge in [0.2, 0.25) is 5.91 Å². The fourth-order valence-corrected chi connectivity index (χ4v) is 3.32. The lowest BCUT2D eigenvalue weighted by Gasteiger charge is -2.27. The molecule has 4 rings (SSSR count). The summed E-state index contributed by atoms with van der Waals surface area (Å²) < 4.78 is 2.04. The average Bonchev–Trinajstić information content (AvgIpc) is 2.93. The topological polar surface area (TPSA) is 49.6 Å². The zero-order valence-electron chi connectivity index (χ0n) is 13.3. The van der Waals surface area contributed by atoms with Crippen LogP contribution in [-0.4, -0.2) is 34.9 Å². The van der Waals surface area contributed by atoms with Gasteiger partial charge in [-0.25, -0.2) is 4.98 Å². The van der Waals surface area contributed by atoms with E-state index < -0.39 is 0 Å². The molecule has 1 saturated heterocycles. The van der Waals surface area contributed by atoms with Gasteiger partial charge in [-0.05, 0) is 37.3 Å². The molecule has 1 fully saturated rings. The Morgan fingerprint density at radius 2 is 2.12 bits per heavy atom. The number of carbonyl (C=O) groups excluding carboxylic acids is 1. The number of halogens is 1. The Hall–Kier alpha value is -2.37. The second-order valence-electron chi connectivity index (χ2n) is 5.86. The van der Waals surface area contributed by atoms with Crippen LogP contribution in [0.4, 0.5) is 5.69 Å². The van der Waals surface area contributed by atoms with E-state index in [4.69, 9.17) is 16.6 Å². The van der Waals surface area contributed by atoms with Crippen molar-refractivity contribution in [3.63, 3.8) is 0 Å². The third-order valence-corrected chi connectivity index (χ3v) is 4.70. The van der Waals surface area contributed by atoms with Crippen molar-refractivity contribution in [1.29, 1.82) is 0 Å². The Morgan fingerprint density at radius 1 is 1.25 bits per heavy atom. The standard InChI is InChI=1S/C18H17ClN4O/c1-12-18(21-16-4-2-3-8-22(12)16)14-10-13(5-6-15(14)19)23-9-7-20-11-17(23)24/h2-6,8,10,20H,7,9,11H2,1H3. The van der Waals surface area contributed by atoms with Gasteiger partial charge < -0.3 is 14.6 Å². The van der Waals surface area contributed by atoms with Crippen LogP contribution in [0.1, 0.15) is 5.69 Å². The van der Waals surface area contributed by atoms with Crippen LogP contribution in [0.2, 0.25) is 5.02 Å². The maximum absolute atomic E-state index is 12.1. The number of carbonyl (C=O) groups is 1. The van der Waals surface area contributed by atoms with Gasteiger partial charge in [0.1, 0.15) is 5.65 Å². The number of imidazole rings is 1. The number of fused-ring (bicyclic) bond motifs is 1. The number of pyridine rings is 1. The predicted octanol–water partition coefficient (Wildman–Crippen LogP) is 2.90. The Bertz CT molecular complexity index is 934. The quantitative estimate of drug-likeness (QED) is 0.780. The van der Waals surface area contributed by atoms with Crippen LogP contribution in [0, 0.1) is 6.92 Å². The molecule has 0 bridgehead atoms. The summed E-state index contributed by atoms with van der Waals surface area (Å²) in [6, 6.07) is 11.6. The van der Waals surface area contributed by atoms with Crippen molar-refractivity contribution >= 4 is 28.8 Å². The van der Waals surface area contributed by atoms with E-state index in [2.05, 4.69) is 5.32 Å². The first-order valence-electron chi connectivity index (χ1n) is 7.90. The number of benzene rings is 1. The third-order valence-electron chi connectivity index (χ3n) is 4.37. The maximum atomic E-state index is 12.1. The highest BCUT2D eigenvalue weighted by Crippen LogP contribution is 2.33. The number of anilines is 1. The molecule has 2 aromatic heterocycles. The molecule has 1 aromatic carbocycles. The van der Waals surface area contributed by atoms with E-state index in [0.29, 0.717) is 18.1 Å². The van der Waals surface area contributed by atoms with E-state index in [1.807, 2.05) is 53.9 Å². The first-order valence-corrected chi connectivity index (χ1v) is 8.27. The Labute approximate surface area is 144 Å². The molecule has 0 spiro atoms. The molecule has 0 saturated carbocycles. The van der Waals surface area contributed by atoms with E-state index >= 15 is 0 Å². The minimum Gasteiger partial charge on any atom is -0.310 e. The number of nitrogens with one attached hydrogen (secondary N) is 1. The van der Waals surface area contributed by atoms with Crippen molar-refractivity contribution in [3.05, 3.63) is 53.3 Å². The van der Waals surface area contributed by atoms with E-state index in [-0.39, 0.29) is 5.91 Å². The van der Waals surface area contributed by atoms with Crippen molar-refractivity contribution in [1.82, 2.24) is 14.7 Å². The van der Waals surface area contributed by atoms with E-state index in [1.165, 1.54) is 0 Å². The van der Waals surface area contributed by atoms with Gasteiger partial charge in [-0.2, -0.15) is 0 Å². The summed E-state index contributed by atoms with van der Waals surface area (Å²) in [4.78, 5) is 18.7. The maximum Gasteiger partial charge on any atom is 0.240 e. The summed E-state index contributed by atoms with van der Waals surface area (Å²) in [5.41, 5.74) is 4.45. The molecule has 1 aliphatic rings. The molecule has 3 heterocycles. The smallest absolute Gasteiger partial charge is 0.240 e. The average molecular weight is 341 g/mol. The zero-order chi connectivity index (χ0) is 16.7. The van der Waals surface area contributed by atoms with Crippen molar-refractivity contribution in [2.75, 3.05) is 24.5 Å². The van der Waals surface area contributed by atoms with Gasteiger partial charge in [-0.1, -0.05) is 17.7 Å². The lowest BCUT2D eigenvalue weighted by atomic mass is 10.1. The number of hydrogen-bond acceptors (Lipinski definition) is 3. The van der Waals surface area contributed by atoms with Crippen LogP contribution in [-0.2, 0) is 4.79 Å². The van der Waals surface area contributed by atoms with Gasteiger partial charge in [0.05, 0.1) is 17.3 Å². The van der Waals surface area contributed by atoms with Crippen molar-refractivity contribution in [3.8, 4) is 11.3 Å². The molecule has 1 N–H and O–H groups in total. The van der Waals surface area contributed by atoms with Crippen LogP contribution in [0.15, 0.2) is 42.6 Å². The molecule has 0 radical (unpaired) electrons. The van der Waals surface area contributed by atoms with Crippen LogP contribution in [0.25, 0.3) is 16.9 Å². The molecule has 0 atom stereocenters. The minimum atomic E-state index is 0.0706. The SMILES string of the molecule is Cc1c(-c2cc(N3CCNCC3=O)ccc2Cl)nc2ccccn12. The van der Waals surface area contributed by atoms with Crippen LogP contribution in [0.3, 0.4) is 0 Å². The number of aryl methyl sites for hydroxylation is 1. The van der Waals surface area contributed by atoms with Gasteiger partial charge in [-0.15, -0.1) is 0 Å². The Morgan fingerprint density at radius 3 is 2.92 bits per heavy atom. The first kappa shape index (κ1) is 15.2. The highest BCUT2D eigenvalue weighted by molar-refractivity contribution is 6.33. The predicted molar refractivity (Wildman–Crippen MR) is 95.6 cm³/mol. The highest BCUT2D eigenvalue weighted by atomic mass is 35.5. The van der Waals surface area contributed by atoms with Crippen LogP contribution in [0.5, 0.6) is 0 Å². The number of hydrogen-bond donors (Lipinski definition) is 1. The molecule has 0 unspecified atom stereocenters. The van der Waals surface area contributed by atoms with Gasteiger partial charge >= 0.3 is 0 Å². The molecule has 0 aliphatic carbocycles. The normalized spacial score (nSPS) is 15.2. The molecule has 24 heavy (non-hydrogen) atoms. The molecule has 1 amide bonds. The lowest BCUT2D eigenvalue weighted by Crippen LogP contribution is -2.48. The van der Waals surface area contributed by atoms with Gasteiger partial charge in [0.25, 0.3) is 0 Å². The lowest BCUT2D eigenvalue weighted by molar-refractivity contribution is -0.118. The van der Waals surface area contributed by atoms with Crippen LogP contribution >= 0.6 is 11.6 Å². The van der Waals surface area contributed by atoms with Crippen LogP contribution < -0.4 is 10.2 Å². The summed E-state index contributed by atoms with van der Waals surface area (Å²) in [7, 11) is 0. The zero-order valence-corrected chi connectivity index (χ0v) is 14.0. The number of nitrogens with zero attached hydrogens (tertiary/aromatic N) is 3. The number of rotatable bonds is 2. The molecular formula is C18H17ClN4O. The number of amides is 1. The number of aromatic nitrogens is 2. The van der Waals surface area contributed by atoms with Gasteiger partial charge in [-0.3, -0.25) is 4.79 Å². The van der Waals surface area contributed by atoms with Gasteiger partial charge in [0, 0.05) is 36.2 Å². The monoisotopic (exact) mass is 340 g/mol. The summed E-state index contributed by atoms with van der Waals surface area (Å²) in [5, 5.41) is 3.72. The Balaban J connectivity index is 1.83. The molecule has 122 valence electrons. The summed E-state index contributed by atoms with van der Waals surface area (Å²) in [6.45, 7) is 3.83. The second kappa shape index (κ2) is 5.92. The minimum absolute atomic E-state index is 0.0706. The van der Waals surface area contributed by atoms with E-state index in [0.717, 1.165) is 34.8 Å². The first-order chi connectivity index (χ1) is 11.6. The van der Waals surface area contributed by atoms with Crippen molar-refractivity contribution in [2.24, 2.45) is 0 Å². The molecule has 6 heteroatoms. The van der Waals surface area contributed by atoms with Gasteiger partial charge in [0.15, 0.2) is 0 Å². The molecular weight excluding hydrogens is 324 g/mol. The third kappa shape index (κ3) is 2.46. The molecule has 3 aromatic rings. The Kier molecular flexibility index (Phi) is 3.75. The number of piperazine rings is 1. The van der Waals surface area contributed by atoms with E-state index in [9.17, 15) is 4.79 Å². The summed E-state index contributed by atoms with van der Waals surface area (Å²) in [6.07, 6.45) is 1.98. The summed E-state index contributed by atoms with van der Waals surface area (Å²) in [5.74, 6) is 0.0706. The van der Waals surface area contributed by atoms with Crippen molar-refractivity contribution < 1.29 is 4.79 Å². The largest absolute Gasteiger partial charge is 0.310 e.